The number of methoxy groups -OCH3 is 1. The van der Waals surface area contributed by atoms with Crippen molar-refractivity contribution in [2.45, 2.75) is 167 Å². The number of hydrogen-bond donors (Lipinski definition) is 0. The second-order valence-electron chi connectivity index (χ2n) is 19.8. The van der Waals surface area contributed by atoms with E-state index in [1.54, 1.807) is 41.5 Å². The predicted octanol–water partition coefficient (Wildman–Crippen LogP) is 6.81. The van der Waals surface area contributed by atoms with Crippen molar-refractivity contribution in [2.24, 2.45) is 17.8 Å². The molecule has 1 aromatic heterocycles. The third-order valence-corrected chi connectivity index (χ3v) is 13.5. The van der Waals surface area contributed by atoms with Crippen molar-refractivity contribution in [1.29, 1.82) is 0 Å². The lowest BCUT2D eigenvalue weighted by molar-refractivity contribution is -0.154. The van der Waals surface area contributed by atoms with Gasteiger partial charge in [0, 0.05) is 72.6 Å². The second-order valence-corrected chi connectivity index (χ2v) is 23.3. The van der Waals surface area contributed by atoms with Crippen molar-refractivity contribution in [3.63, 3.8) is 0 Å². The van der Waals surface area contributed by atoms with Crippen LogP contribution < -0.4 is 0 Å². The summed E-state index contributed by atoms with van der Waals surface area (Å²) in [5, 5.41) is 8.25. The van der Waals surface area contributed by atoms with Crippen LogP contribution in [0.1, 0.15) is 127 Å². The fourth-order valence-corrected chi connectivity index (χ4v) is 9.10. The fourth-order valence-electron chi connectivity index (χ4n) is 6.55. The van der Waals surface area contributed by atoms with Crippen LogP contribution in [0.2, 0.25) is 11.6 Å². The molecule has 6 radical (unpaired) electrons. The van der Waals surface area contributed by atoms with Crippen LogP contribution in [0.3, 0.4) is 0 Å². The van der Waals surface area contributed by atoms with Gasteiger partial charge in [-0.1, -0.05) is 85.1 Å². The molecule has 360 valence electrons. The third kappa shape index (κ3) is 28.7. The number of esters is 4. The molecule has 0 aliphatic heterocycles. The lowest BCUT2D eigenvalue weighted by atomic mass is 9.67. The number of rotatable bonds is 35. The van der Waals surface area contributed by atoms with E-state index in [0.717, 1.165) is 12.8 Å². The van der Waals surface area contributed by atoms with E-state index in [-0.39, 0.29) is 103 Å². The number of thioether (sulfide) groups is 2. The summed E-state index contributed by atoms with van der Waals surface area (Å²) in [5.74, 6) is -0.760. The van der Waals surface area contributed by atoms with Crippen LogP contribution in [0.4, 0.5) is 0 Å². The quantitative estimate of drug-likeness (QED) is 0.0303. The van der Waals surface area contributed by atoms with E-state index in [0.29, 0.717) is 55.4 Å². The summed E-state index contributed by atoms with van der Waals surface area (Å²) in [6.45, 7) is 25.4. The summed E-state index contributed by atoms with van der Waals surface area (Å²) in [4.78, 5) is 52.7. The Bertz CT molecular complexity index is 1540. The SMILES string of the molecule is [B]CC(C)CC(C)(C)SCC(C)C(=O)OCCOC(=O)CCN(CCC(=O)OCCOC(=O)C(C)CSC(C)(C)CC([B])(C)C)Cc1cn(CCC([B])(C)OCCC(C)(C)OC)nn1. The highest BCUT2D eigenvalue weighted by atomic mass is 32.2. The molecule has 0 aliphatic rings. The van der Waals surface area contributed by atoms with Gasteiger partial charge >= 0.3 is 23.9 Å². The zero-order valence-electron chi connectivity index (χ0n) is 41.5. The minimum Gasteiger partial charge on any atom is -0.462 e. The normalized spacial score (nSPS) is 15.0. The number of aromatic nitrogens is 3. The van der Waals surface area contributed by atoms with Crippen LogP contribution in [0.5, 0.6) is 0 Å². The number of ether oxygens (including phenoxy) is 6. The Kier molecular flexibility index (Phi) is 27.0. The van der Waals surface area contributed by atoms with Crippen molar-refractivity contribution in [2.75, 3.05) is 64.7 Å². The maximum atomic E-state index is 12.8. The minimum atomic E-state index is -0.895. The molecule has 0 aliphatic carbocycles. The van der Waals surface area contributed by atoms with Crippen LogP contribution in [0, 0.1) is 17.8 Å². The summed E-state index contributed by atoms with van der Waals surface area (Å²) in [6.07, 6.45) is 5.32. The molecule has 4 atom stereocenters. The molecule has 0 spiro atoms. The van der Waals surface area contributed by atoms with Crippen molar-refractivity contribution in [3.05, 3.63) is 11.9 Å². The van der Waals surface area contributed by atoms with Crippen LogP contribution >= 0.6 is 23.5 Å². The first-order valence-electron chi connectivity index (χ1n) is 22.6. The Morgan fingerprint density at radius 1 is 0.750 bits per heavy atom. The molecule has 4 unspecified atom stereocenters. The highest BCUT2D eigenvalue weighted by Crippen LogP contribution is 2.40. The van der Waals surface area contributed by atoms with Gasteiger partial charge in [-0.25, -0.2) is 0 Å². The van der Waals surface area contributed by atoms with Crippen LogP contribution in [0.15, 0.2) is 6.20 Å². The minimum absolute atomic E-state index is 0.00907. The molecule has 0 bridgehead atoms. The maximum absolute atomic E-state index is 12.8. The highest BCUT2D eigenvalue weighted by Gasteiger charge is 2.28. The number of carbonyl (C=O) groups excluding carboxylic acids is 4. The Balaban J connectivity index is 2.73. The largest absolute Gasteiger partial charge is 0.462 e. The van der Waals surface area contributed by atoms with Gasteiger partial charge < -0.3 is 28.4 Å². The van der Waals surface area contributed by atoms with Crippen molar-refractivity contribution < 1.29 is 47.6 Å². The Labute approximate surface area is 398 Å². The molecule has 0 N–H and O–H groups in total. The van der Waals surface area contributed by atoms with E-state index >= 15 is 0 Å². The topological polar surface area (TPSA) is 158 Å². The van der Waals surface area contributed by atoms with E-state index in [9.17, 15) is 19.2 Å². The lowest BCUT2D eigenvalue weighted by Gasteiger charge is -2.32. The maximum Gasteiger partial charge on any atom is 0.309 e. The van der Waals surface area contributed by atoms with Gasteiger partial charge in [0.1, 0.15) is 34.3 Å². The van der Waals surface area contributed by atoms with E-state index in [1.165, 1.54) is 0 Å². The molecule has 1 aromatic rings. The lowest BCUT2D eigenvalue weighted by Crippen LogP contribution is -2.34. The van der Waals surface area contributed by atoms with Crippen LogP contribution in [0.25, 0.3) is 0 Å². The molecule has 0 fully saturated rings. The summed E-state index contributed by atoms with van der Waals surface area (Å²) < 4.78 is 34.5. The molecule has 0 aromatic carbocycles. The third-order valence-electron chi connectivity index (χ3n) is 10.3. The van der Waals surface area contributed by atoms with Crippen LogP contribution in [-0.2, 0) is 60.7 Å². The molecule has 0 amide bonds. The number of carbonyl (C=O) groups is 4. The molecule has 0 saturated heterocycles. The smallest absolute Gasteiger partial charge is 0.309 e. The zero-order chi connectivity index (χ0) is 48.8. The zero-order valence-corrected chi connectivity index (χ0v) is 43.1. The fraction of sp³-hybridized carbons (Fsp3) is 0.867. The van der Waals surface area contributed by atoms with Gasteiger partial charge in [0.25, 0.3) is 0 Å². The number of aryl methyl sites for hydroxylation is 1. The average molecular weight is 933 g/mol. The molecule has 19 heteroatoms. The Morgan fingerprint density at radius 2 is 1.25 bits per heavy atom. The van der Waals surface area contributed by atoms with Crippen molar-refractivity contribution in [1.82, 2.24) is 19.9 Å². The first-order chi connectivity index (χ1) is 29.6. The summed E-state index contributed by atoms with van der Waals surface area (Å²) in [6, 6.07) is 0. The molecule has 14 nitrogen and oxygen atoms in total. The standard InChI is InChI=1S/C45H79B3N4O10S2/c1-33(27-46)26-43(8,9)63-30-34(2)39(55)60-24-22-58-37(53)14-18-51(28-36-29-52(50-49-36)20-16-45(12,48)62-21-17-42(6,7)57-13)19-15-38(54)59-23-25-61-40(56)35(3)31-64-44(10,11)32-41(4,5)47/h29,33-35H,14-28,30-32H2,1-13H3. The molecule has 0 saturated carbocycles. The van der Waals surface area contributed by atoms with Gasteiger partial charge in [0.05, 0.1) is 51.7 Å². The van der Waals surface area contributed by atoms with Crippen molar-refractivity contribution >= 4 is 70.9 Å². The molecule has 1 heterocycles. The predicted molar refractivity (Wildman–Crippen MR) is 259 cm³/mol. The summed E-state index contributed by atoms with van der Waals surface area (Å²) in [7, 11) is 20.1. The van der Waals surface area contributed by atoms with Gasteiger partial charge in [-0.3, -0.25) is 28.8 Å². The number of hydrogen-bond acceptors (Lipinski definition) is 15. The van der Waals surface area contributed by atoms with Gasteiger partial charge in [-0.2, -0.15) is 23.5 Å². The summed E-state index contributed by atoms with van der Waals surface area (Å²) >= 11 is 3.39. The first-order valence-corrected chi connectivity index (χ1v) is 24.5. The first kappa shape index (κ1) is 59.8. The second kappa shape index (κ2) is 28.9. The number of nitrogens with zero attached hydrogens (tertiary/aromatic N) is 4. The van der Waals surface area contributed by atoms with Gasteiger partial charge in [-0.15, -0.1) is 5.10 Å². The van der Waals surface area contributed by atoms with E-state index < -0.39 is 17.4 Å². The Morgan fingerprint density at radius 3 is 1.73 bits per heavy atom. The van der Waals surface area contributed by atoms with E-state index in [2.05, 4.69) is 44.9 Å². The van der Waals surface area contributed by atoms with Crippen LogP contribution in [-0.4, -0.2) is 153 Å². The van der Waals surface area contributed by atoms with Gasteiger partial charge in [-0.05, 0) is 46.5 Å². The molecular formula is C45H79B3N4O10S2. The monoisotopic (exact) mass is 933 g/mol. The van der Waals surface area contributed by atoms with Gasteiger partial charge in [0.15, 0.2) is 0 Å². The molecule has 64 heavy (non-hydrogen) atoms. The molecule has 1 rings (SSSR count). The average Bonchev–Trinajstić information content (AvgIpc) is 3.65. The molecular weight excluding hydrogens is 853 g/mol. The Hall–Kier alpha value is -2.21. The highest BCUT2D eigenvalue weighted by molar-refractivity contribution is 8.00. The summed E-state index contributed by atoms with van der Waals surface area (Å²) in [5.41, 5.74) is -0.597. The van der Waals surface area contributed by atoms with E-state index in [1.807, 2.05) is 53.4 Å². The van der Waals surface area contributed by atoms with Gasteiger partial charge in [0.2, 0.25) is 0 Å². The van der Waals surface area contributed by atoms with E-state index in [4.69, 9.17) is 52.0 Å². The van der Waals surface area contributed by atoms with Crippen molar-refractivity contribution in [3.8, 4) is 0 Å².